The molecule has 2 rings (SSSR count). The van der Waals surface area contributed by atoms with Crippen LogP contribution in [0.3, 0.4) is 0 Å². The Bertz CT molecular complexity index is 450. The smallest absolute Gasteiger partial charge is 0.144 e. The summed E-state index contributed by atoms with van der Waals surface area (Å²) in [6.07, 6.45) is 2.21. The van der Waals surface area contributed by atoms with E-state index in [-0.39, 0.29) is 11.7 Å². The lowest BCUT2D eigenvalue weighted by Gasteiger charge is -2.29. The van der Waals surface area contributed by atoms with Gasteiger partial charge in [-0.25, -0.2) is 4.39 Å². The van der Waals surface area contributed by atoms with Crippen molar-refractivity contribution in [3.8, 4) is 11.8 Å². The van der Waals surface area contributed by atoms with Crippen LogP contribution in [-0.4, -0.2) is 19.2 Å². The predicted molar refractivity (Wildman–Crippen MR) is 66.8 cm³/mol. The van der Waals surface area contributed by atoms with Gasteiger partial charge < -0.3 is 10.1 Å². The lowest BCUT2D eigenvalue weighted by atomic mass is 9.94. The van der Waals surface area contributed by atoms with Gasteiger partial charge in [-0.3, -0.25) is 0 Å². The Morgan fingerprint density at radius 1 is 1.56 bits per heavy atom. The molecule has 0 radical (unpaired) electrons. The summed E-state index contributed by atoms with van der Waals surface area (Å²) in [7, 11) is 0. The van der Waals surface area contributed by atoms with Crippen molar-refractivity contribution in [3.05, 3.63) is 29.6 Å². The lowest BCUT2D eigenvalue weighted by Crippen LogP contribution is -2.38. The van der Waals surface area contributed by atoms with Crippen LogP contribution >= 0.6 is 0 Å². The van der Waals surface area contributed by atoms with E-state index in [1.807, 2.05) is 13.0 Å². The van der Waals surface area contributed by atoms with Crippen molar-refractivity contribution >= 4 is 0 Å². The number of benzene rings is 1. The monoisotopic (exact) mass is 248 g/mol. The second kappa shape index (κ2) is 5.83. The first-order chi connectivity index (χ1) is 8.72. The van der Waals surface area contributed by atoms with E-state index in [4.69, 9.17) is 10.00 Å². The zero-order valence-corrected chi connectivity index (χ0v) is 10.4. The largest absolute Gasteiger partial charge is 0.489 e. The molecule has 18 heavy (non-hydrogen) atoms. The number of hydrogen-bond acceptors (Lipinski definition) is 3. The van der Waals surface area contributed by atoms with Crippen molar-refractivity contribution in [1.29, 1.82) is 5.26 Å². The fourth-order valence-electron chi connectivity index (χ4n) is 2.29. The molecule has 3 nitrogen and oxygen atoms in total. The van der Waals surface area contributed by atoms with Crippen LogP contribution in [0, 0.1) is 23.1 Å². The van der Waals surface area contributed by atoms with Crippen molar-refractivity contribution in [1.82, 2.24) is 5.32 Å². The Kier molecular flexibility index (Phi) is 4.16. The van der Waals surface area contributed by atoms with Crippen LogP contribution in [0.25, 0.3) is 0 Å². The Balaban J connectivity index is 2.09. The predicted octanol–water partition coefficient (Wildman–Crippen LogP) is 2.46. The van der Waals surface area contributed by atoms with Gasteiger partial charge in [0.15, 0.2) is 0 Å². The molecule has 1 N–H and O–H groups in total. The van der Waals surface area contributed by atoms with E-state index >= 15 is 0 Å². The van der Waals surface area contributed by atoms with E-state index in [0.717, 1.165) is 25.9 Å². The fraction of sp³-hybridized carbons (Fsp3) is 0.500. The van der Waals surface area contributed by atoms with Crippen LogP contribution in [0.15, 0.2) is 18.2 Å². The molecule has 96 valence electrons. The van der Waals surface area contributed by atoms with Gasteiger partial charge in [-0.2, -0.15) is 5.26 Å². The minimum absolute atomic E-state index is 0.00637. The number of halogens is 1. The first-order valence-corrected chi connectivity index (χ1v) is 6.28. The summed E-state index contributed by atoms with van der Waals surface area (Å²) >= 11 is 0. The molecule has 0 aromatic heterocycles. The summed E-state index contributed by atoms with van der Waals surface area (Å²) in [5.74, 6) is 0.230. The van der Waals surface area contributed by atoms with E-state index in [9.17, 15) is 4.39 Å². The third kappa shape index (κ3) is 2.80. The van der Waals surface area contributed by atoms with Crippen molar-refractivity contribution in [2.24, 2.45) is 5.92 Å². The highest BCUT2D eigenvalue weighted by molar-refractivity contribution is 5.43. The van der Waals surface area contributed by atoms with Gasteiger partial charge in [-0.05, 0) is 38.4 Å². The summed E-state index contributed by atoms with van der Waals surface area (Å²) in [4.78, 5) is 0. The van der Waals surface area contributed by atoms with Gasteiger partial charge in [0, 0.05) is 12.5 Å². The summed E-state index contributed by atoms with van der Waals surface area (Å²) in [5.41, 5.74) is -0.00637. The van der Waals surface area contributed by atoms with Crippen LogP contribution < -0.4 is 10.1 Å². The van der Waals surface area contributed by atoms with Crippen LogP contribution in [0.4, 0.5) is 4.39 Å². The van der Waals surface area contributed by atoms with Crippen LogP contribution in [0.5, 0.6) is 5.75 Å². The zero-order valence-electron chi connectivity index (χ0n) is 10.4. The van der Waals surface area contributed by atoms with Gasteiger partial charge >= 0.3 is 0 Å². The van der Waals surface area contributed by atoms with Crippen molar-refractivity contribution in [2.75, 3.05) is 13.1 Å². The van der Waals surface area contributed by atoms with Gasteiger partial charge in [0.05, 0.1) is 6.10 Å². The third-order valence-electron chi connectivity index (χ3n) is 3.40. The average Bonchev–Trinajstić information content (AvgIpc) is 2.40. The molecule has 1 heterocycles. The van der Waals surface area contributed by atoms with E-state index in [2.05, 4.69) is 5.32 Å². The molecule has 4 heteroatoms. The zero-order chi connectivity index (χ0) is 13.0. The van der Waals surface area contributed by atoms with Crippen molar-refractivity contribution < 1.29 is 9.13 Å². The second-order valence-corrected chi connectivity index (χ2v) is 4.65. The standard InChI is InChI=1S/C14H17FN2O/c1-10(11-4-3-7-17-9-11)18-14-6-2-5-13(15)12(14)8-16/h2,5-6,10-11,17H,3-4,7,9H2,1H3. The number of piperidine rings is 1. The highest BCUT2D eigenvalue weighted by Crippen LogP contribution is 2.25. The number of ether oxygens (including phenoxy) is 1. The molecule has 1 aromatic rings. The number of nitrogens with one attached hydrogen (secondary N) is 1. The number of nitrogens with zero attached hydrogens (tertiary/aromatic N) is 1. The summed E-state index contributed by atoms with van der Waals surface area (Å²) in [6, 6.07) is 6.35. The van der Waals surface area contributed by atoms with Gasteiger partial charge in [-0.1, -0.05) is 6.07 Å². The Hall–Kier alpha value is -1.60. The van der Waals surface area contributed by atoms with Crippen LogP contribution in [-0.2, 0) is 0 Å². The molecule has 1 aliphatic heterocycles. The van der Waals surface area contributed by atoms with Crippen LogP contribution in [0.1, 0.15) is 25.3 Å². The van der Waals surface area contributed by atoms with E-state index in [1.54, 1.807) is 12.1 Å². The molecule has 1 aliphatic rings. The SMILES string of the molecule is CC(Oc1cccc(F)c1C#N)C1CCCNC1. The maximum absolute atomic E-state index is 13.4. The maximum Gasteiger partial charge on any atom is 0.144 e. The minimum atomic E-state index is -0.524. The molecule has 0 aliphatic carbocycles. The molecule has 0 spiro atoms. The van der Waals surface area contributed by atoms with E-state index < -0.39 is 5.82 Å². The topological polar surface area (TPSA) is 45.0 Å². The molecule has 0 amide bonds. The van der Waals surface area contributed by atoms with E-state index in [1.165, 1.54) is 6.07 Å². The molecule has 0 bridgehead atoms. The van der Waals surface area contributed by atoms with Crippen molar-refractivity contribution in [3.63, 3.8) is 0 Å². The Morgan fingerprint density at radius 2 is 2.39 bits per heavy atom. The summed E-state index contributed by atoms with van der Waals surface area (Å²) in [6.45, 7) is 3.94. The van der Waals surface area contributed by atoms with Crippen LogP contribution in [0.2, 0.25) is 0 Å². The van der Waals surface area contributed by atoms with Gasteiger partial charge in [0.2, 0.25) is 0 Å². The minimum Gasteiger partial charge on any atom is -0.489 e. The molecule has 0 saturated carbocycles. The number of rotatable bonds is 3. The second-order valence-electron chi connectivity index (χ2n) is 4.65. The molecular weight excluding hydrogens is 231 g/mol. The van der Waals surface area contributed by atoms with Gasteiger partial charge in [0.25, 0.3) is 0 Å². The van der Waals surface area contributed by atoms with Gasteiger partial charge in [0.1, 0.15) is 23.2 Å². The molecule has 2 unspecified atom stereocenters. The maximum atomic E-state index is 13.4. The van der Waals surface area contributed by atoms with E-state index in [0.29, 0.717) is 11.7 Å². The Labute approximate surface area is 107 Å². The lowest BCUT2D eigenvalue weighted by molar-refractivity contribution is 0.130. The summed E-state index contributed by atoms with van der Waals surface area (Å²) < 4.78 is 19.2. The van der Waals surface area contributed by atoms with Gasteiger partial charge in [-0.15, -0.1) is 0 Å². The molecular formula is C14H17FN2O. The number of hydrogen-bond donors (Lipinski definition) is 1. The Morgan fingerprint density at radius 3 is 3.06 bits per heavy atom. The summed E-state index contributed by atoms with van der Waals surface area (Å²) in [5, 5.41) is 12.3. The fourth-order valence-corrected chi connectivity index (χ4v) is 2.29. The number of nitriles is 1. The normalized spacial score (nSPS) is 21.1. The molecule has 1 fully saturated rings. The quantitative estimate of drug-likeness (QED) is 0.893. The highest BCUT2D eigenvalue weighted by atomic mass is 19.1. The van der Waals surface area contributed by atoms with Crippen molar-refractivity contribution in [2.45, 2.75) is 25.9 Å². The molecule has 2 atom stereocenters. The third-order valence-corrected chi connectivity index (χ3v) is 3.40. The average molecular weight is 248 g/mol. The highest BCUT2D eigenvalue weighted by Gasteiger charge is 2.22. The molecule has 1 saturated heterocycles. The molecule has 1 aromatic carbocycles. The first-order valence-electron chi connectivity index (χ1n) is 6.28. The first kappa shape index (κ1) is 12.8.